The van der Waals surface area contributed by atoms with Gasteiger partial charge < -0.3 is 15.4 Å². The van der Waals surface area contributed by atoms with Gasteiger partial charge in [-0.25, -0.2) is 0 Å². The molecule has 1 aromatic rings. The molecule has 5 nitrogen and oxygen atoms in total. The van der Waals surface area contributed by atoms with Crippen LogP contribution in [0.3, 0.4) is 0 Å². The van der Waals surface area contributed by atoms with E-state index in [1.54, 1.807) is 0 Å². The molecule has 2 aliphatic rings. The summed E-state index contributed by atoms with van der Waals surface area (Å²) in [6, 6.07) is 8.50. The van der Waals surface area contributed by atoms with Crippen LogP contribution in [-0.2, 0) is 22.6 Å². The minimum absolute atomic E-state index is 0.00646. The number of carbonyl (C=O) groups is 1. The van der Waals surface area contributed by atoms with E-state index in [9.17, 15) is 4.79 Å². The first kappa shape index (κ1) is 16.4. The Bertz CT molecular complexity index is 529. The molecule has 2 unspecified atom stereocenters. The summed E-state index contributed by atoms with van der Waals surface area (Å²) in [5, 5.41) is 6.28. The predicted octanol–water partition coefficient (Wildman–Crippen LogP) is 1.28. The summed E-state index contributed by atoms with van der Waals surface area (Å²) in [6.45, 7) is 7.39. The van der Waals surface area contributed by atoms with E-state index in [0.717, 1.165) is 51.2 Å². The summed E-state index contributed by atoms with van der Waals surface area (Å²) in [5.41, 5.74) is 2.46. The molecule has 2 atom stereocenters. The quantitative estimate of drug-likeness (QED) is 0.859. The molecule has 0 bridgehead atoms. The number of ether oxygens (including phenoxy) is 1. The van der Waals surface area contributed by atoms with Crippen molar-refractivity contribution in [1.29, 1.82) is 0 Å². The van der Waals surface area contributed by atoms with Crippen molar-refractivity contribution >= 4 is 5.91 Å². The molecule has 2 heterocycles. The molecule has 2 aliphatic heterocycles. The minimum atomic E-state index is -0.00646. The van der Waals surface area contributed by atoms with Gasteiger partial charge in [0.05, 0.1) is 18.8 Å². The van der Waals surface area contributed by atoms with Gasteiger partial charge in [-0.2, -0.15) is 0 Å². The standard InChI is InChI=1S/C18H27N3O2/c1-14-12-21(8-9-23-14)13-16-5-2-4-15(10-16)11-20-18(22)17-6-3-7-19-17/h2,4-5,10,14,17,19H,3,6-9,11-13H2,1H3,(H,20,22). The predicted molar refractivity (Wildman–Crippen MR) is 90.0 cm³/mol. The number of morpholine rings is 1. The van der Waals surface area contributed by atoms with Gasteiger partial charge in [-0.15, -0.1) is 0 Å². The van der Waals surface area contributed by atoms with Crippen LogP contribution >= 0.6 is 0 Å². The summed E-state index contributed by atoms with van der Waals surface area (Å²) in [7, 11) is 0. The van der Waals surface area contributed by atoms with E-state index in [1.165, 1.54) is 5.56 Å². The molecule has 2 saturated heterocycles. The van der Waals surface area contributed by atoms with Crippen molar-refractivity contribution in [1.82, 2.24) is 15.5 Å². The van der Waals surface area contributed by atoms with Crippen LogP contribution in [0.2, 0.25) is 0 Å². The third-order valence-corrected chi connectivity index (χ3v) is 4.57. The number of carbonyl (C=O) groups excluding carboxylic acids is 1. The summed E-state index contributed by atoms with van der Waals surface area (Å²) >= 11 is 0. The van der Waals surface area contributed by atoms with E-state index in [4.69, 9.17) is 4.74 Å². The molecule has 2 fully saturated rings. The second kappa shape index (κ2) is 7.90. The first-order valence-electron chi connectivity index (χ1n) is 8.63. The average Bonchev–Trinajstić information content (AvgIpc) is 3.07. The lowest BCUT2D eigenvalue weighted by atomic mass is 10.1. The second-order valence-electron chi connectivity index (χ2n) is 6.60. The van der Waals surface area contributed by atoms with E-state index >= 15 is 0 Å². The Hall–Kier alpha value is -1.43. The van der Waals surface area contributed by atoms with Gasteiger partial charge in [0.15, 0.2) is 0 Å². The molecule has 0 radical (unpaired) electrons. The van der Waals surface area contributed by atoms with Crippen LogP contribution < -0.4 is 10.6 Å². The smallest absolute Gasteiger partial charge is 0.237 e. The van der Waals surface area contributed by atoms with Crippen LogP contribution in [-0.4, -0.2) is 49.2 Å². The van der Waals surface area contributed by atoms with Gasteiger partial charge in [-0.05, 0) is 37.4 Å². The summed E-state index contributed by atoms with van der Waals surface area (Å²) in [4.78, 5) is 14.5. The molecule has 1 amide bonds. The highest BCUT2D eigenvalue weighted by molar-refractivity contribution is 5.81. The van der Waals surface area contributed by atoms with E-state index in [1.807, 2.05) is 0 Å². The van der Waals surface area contributed by atoms with Crippen molar-refractivity contribution < 1.29 is 9.53 Å². The number of nitrogens with zero attached hydrogens (tertiary/aromatic N) is 1. The lowest BCUT2D eigenvalue weighted by Gasteiger charge is -2.31. The molecule has 2 N–H and O–H groups in total. The van der Waals surface area contributed by atoms with Crippen molar-refractivity contribution in [2.24, 2.45) is 0 Å². The lowest BCUT2D eigenvalue weighted by molar-refractivity contribution is -0.122. The fourth-order valence-electron chi connectivity index (χ4n) is 3.35. The number of hydrogen-bond acceptors (Lipinski definition) is 4. The second-order valence-corrected chi connectivity index (χ2v) is 6.60. The summed E-state index contributed by atoms with van der Waals surface area (Å²) < 4.78 is 5.59. The van der Waals surface area contributed by atoms with Gasteiger partial charge >= 0.3 is 0 Å². The Morgan fingerprint density at radius 1 is 1.43 bits per heavy atom. The SMILES string of the molecule is CC1CN(Cc2cccc(CNC(=O)C3CCCN3)c2)CCO1. The Labute approximate surface area is 138 Å². The largest absolute Gasteiger partial charge is 0.376 e. The fourth-order valence-corrected chi connectivity index (χ4v) is 3.35. The Morgan fingerprint density at radius 2 is 2.30 bits per heavy atom. The average molecular weight is 317 g/mol. The lowest BCUT2D eigenvalue weighted by Crippen LogP contribution is -2.40. The van der Waals surface area contributed by atoms with Gasteiger partial charge in [0, 0.05) is 26.2 Å². The van der Waals surface area contributed by atoms with Crippen LogP contribution in [0.25, 0.3) is 0 Å². The van der Waals surface area contributed by atoms with Gasteiger partial charge in [0.2, 0.25) is 5.91 Å². The fraction of sp³-hybridized carbons (Fsp3) is 0.611. The molecule has 23 heavy (non-hydrogen) atoms. The minimum Gasteiger partial charge on any atom is -0.376 e. The molecule has 3 rings (SSSR count). The van der Waals surface area contributed by atoms with Gasteiger partial charge in [0.25, 0.3) is 0 Å². The maximum atomic E-state index is 12.1. The monoisotopic (exact) mass is 317 g/mol. The van der Waals surface area contributed by atoms with Crippen LogP contribution in [0.5, 0.6) is 0 Å². The molecule has 0 spiro atoms. The van der Waals surface area contributed by atoms with Gasteiger partial charge in [-0.1, -0.05) is 24.3 Å². The summed E-state index contributed by atoms with van der Waals surface area (Å²) in [5.74, 6) is 0.120. The molecule has 0 saturated carbocycles. The molecule has 1 aromatic carbocycles. The Morgan fingerprint density at radius 3 is 3.09 bits per heavy atom. The highest BCUT2D eigenvalue weighted by atomic mass is 16.5. The molecule has 5 heteroatoms. The molecule has 126 valence electrons. The molecular formula is C18H27N3O2. The van der Waals surface area contributed by atoms with Crippen molar-refractivity contribution in [3.63, 3.8) is 0 Å². The van der Waals surface area contributed by atoms with Crippen LogP contribution in [0, 0.1) is 0 Å². The molecule has 0 aromatic heterocycles. The highest BCUT2D eigenvalue weighted by Gasteiger charge is 2.21. The zero-order chi connectivity index (χ0) is 16.1. The summed E-state index contributed by atoms with van der Waals surface area (Å²) in [6.07, 6.45) is 2.34. The maximum absolute atomic E-state index is 12.1. The van der Waals surface area contributed by atoms with Crippen molar-refractivity contribution in [2.75, 3.05) is 26.2 Å². The maximum Gasteiger partial charge on any atom is 0.237 e. The zero-order valence-corrected chi connectivity index (χ0v) is 13.9. The van der Waals surface area contributed by atoms with Crippen molar-refractivity contribution in [3.8, 4) is 0 Å². The Balaban J connectivity index is 1.51. The Kier molecular flexibility index (Phi) is 5.65. The van der Waals surface area contributed by atoms with Crippen LogP contribution in [0.1, 0.15) is 30.9 Å². The zero-order valence-electron chi connectivity index (χ0n) is 13.9. The normalized spacial score (nSPS) is 25.4. The third kappa shape index (κ3) is 4.77. The molecular weight excluding hydrogens is 290 g/mol. The van der Waals surface area contributed by atoms with E-state index in [2.05, 4.69) is 46.7 Å². The van der Waals surface area contributed by atoms with Crippen molar-refractivity contribution in [3.05, 3.63) is 35.4 Å². The number of benzene rings is 1. The number of amides is 1. The molecule has 0 aliphatic carbocycles. The van der Waals surface area contributed by atoms with Crippen molar-refractivity contribution in [2.45, 2.75) is 45.0 Å². The van der Waals surface area contributed by atoms with Gasteiger partial charge in [-0.3, -0.25) is 9.69 Å². The highest BCUT2D eigenvalue weighted by Crippen LogP contribution is 2.12. The first-order chi connectivity index (χ1) is 11.2. The van der Waals surface area contributed by atoms with Crippen LogP contribution in [0.15, 0.2) is 24.3 Å². The number of hydrogen-bond donors (Lipinski definition) is 2. The topological polar surface area (TPSA) is 53.6 Å². The third-order valence-electron chi connectivity index (χ3n) is 4.57. The van der Waals surface area contributed by atoms with E-state index in [-0.39, 0.29) is 11.9 Å². The van der Waals surface area contributed by atoms with E-state index < -0.39 is 0 Å². The van der Waals surface area contributed by atoms with Gasteiger partial charge in [0.1, 0.15) is 0 Å². The number of nitrogens with one attached hydrogen (secondary N) is 2. The first-order valence-corrected chi connectivity index (χ1v) is 8.63. The van der Waals surface area contributed by atoms with E-state index in [0.29, 0.717) is 12.6 Å². The number of rotatable bonds is 5. The van der Waals surface area contributed by atoms with Crippen LogP contribution in [0.4, 0.5) is 0 Å².